The molecule has 0 radical (unpaired) electrons. The number of benzene rings is 1. The van der Waals surface area contributed by atoms with E-state index >= 15 is 0 Å². The average Bonchev–Trinajstić information content (AvgIpc) is 2.80. The van der Waals surface area contributed by atoms with Crippen molar-refractivity contribution < 1.29 is 17.7 Å². The van der Waals surface area contributed by atoms with Crippen molar-refractivity contribution in [3.8, 4) is 5.75 Å². The smallest absolute Gasteiger partial charge is 0.264 e. The summed E-state index contributed by atoms with van der Waals surface area (Å²) in [5.74, 6) is 0.699. The number of hydrogen-bond donors (Lipinski definition) is 1. The molecule has 0 aliphatic carbocycles. The Morgan fingerprint density at radius 2 is 2.00 bits per heavy atom. The molecule has 0 saturated carbocycles. The standard InChI is InChI=1S/C14H17BrN2O4S/c1-3-4-9-20-11-5-7-12(8-6-11)22(18,19)17-14-13(15)10(2)16-21-14/h5-8,17H,3-4,9H2,1-2H3. The van der Waals surface area contributed by atoms with E-state index in [0.29, 0.717) is 22.5 Å². The number of halogens is 1. The van der Waals surface area contributed by atoms with E-state index in [4.69, 9.17) is 9.26 Å². The van der Waals surface area contributed by atoms with Gasteiger partial charge in [-0.1, -0.05) is 18.5 Å². The van der Waals surface area contributed by atoms with E-state index in [9.17, 15) is 8.42 Å². The predicted molar refractivity (Wildman–Crippen MR) is 86.6 cm³/mol. The van der Waals surface area contributed by atoms with Crippen LogP contribution in [0, 0.1) is 6.92 Å². The third-order valence-electron chi connectivity index (χ3n) is 2.92. The number of sulfonamides is 1. The molecule has 22 heavy (non-hydrogen) atoms. The van der Waals surface area contributed by atoms with Crippen LogP contribution in [0.1, 0.15) is 25.5 Å². The summed E-state index contributed by atoms with van der Waals surface area (Å²) < 4.78 is 37.8. The first-order valence-corrected chi connectivity index (χ1v) is 9.09. The number of nitrogens with one attached hydrogen (secondary N) is 1. The highest BCUT2D eigenvalue weighted by molar-refractivity contribution is 9.10. The molecule has 8 heteroatoms. The minimum atomic E-state index is -3.73. The number of aryl methyl sites for hydroxylation is 1. The number of rotatable bonds is 7. The summed E-state index contributed by atoms with van der Waals surface area (Å²) in [5.41, 5.74) is 0.567. The Morgan fingerprint density at radius 1 is 1.32 bits per heavy atom. The lowest BCUT2D eigenvalue weighted by molar-refractivity contribution is 0.309. The van der Waals surface area contributed by atoms with Gasteiger partial charge in [-0.05, 0) is 53.5 Å². The van der Waals surface area contributed by atoms with Gasteiger partial charge in [0.2, 0.25) is 0 Å². The van der Waals surface area contributed by atoms with Gasteiger partial charge in [0.1, 0.15) is 10.2 Å². The Morgan fingerprint density at radius 3 is 2.55 bits per heavy atom. The quantitative estimate of drug-likeness (QED) is 0.730. The largest absolute Gasteiger partial charge is 0.494 e. The van der Waals surface area contributed by atoms with Gasteiger partial charge in [0.05, 0.1) is 17.2 Å². The van der Waals surface area contributed by atoms with Crippen LogP contribution >= 0.6 is 15.9 Å². The molecule has 1 heterocycles. The summed E-state index contributed by atoms with van der Waals surface area (Å²) in [6, 6.07) is 6.23. The monoisotopic (exact) mass is 388 g/mol. The molecule has 1 aromatic carbocycles. The number of aromatic nitrogens is 1. The summed E-state index contributed by atoms with van der Waals surface area (Å²) in [6.07, 6.45) is 2.00. The van der Waals surface area contributed by atoms with Gasteiger partial charge >= 0.3 is 0 Å². The van der Waals surface area contributed by atoms with Crippen LogP contribution in [-0.2, 0) is 10.0 Å². The lowest BCUT2D eigenvalue weighted by Crippen LogP contribution is -2.12. The zero-order valence-electron chi connectivity index (χ0n) is 12.3. The molecule has 1 aromatic heterocycles. The summed E-state index contributed by atoms with van der Waals surface area (Å²) >= 11 is 3.22. The minimum absolute atomic E-state index is 0.0563. The van der Waals surface area contributed by atoms with Gasteiger partial charge in [-0.25, -0.2) is 13.1 Å². The van der Waals surface area contributed by atoms with Crippen LogP contribution in [0.5, 0.6) is 5.75 Å². The normalized spacial score (nSPS) is 11.4. The summed E-state index contributed by atoms with van der Waals surface area (Å²) in [4.78, 5) is 0.122. The van der Waals surface area contributed by atoms with Crippen molar-refractivity contribution in [2.45, 2.75) is 31.6 Å². The van der Waals surface area contributed by atoms with Gasteiger partial charge in [-0.3, -0.25) is 0 Å². The molecule has 0 aliphatic rings. The van der Waals surface area contributed by atoms with Crippen LogP contribution in [0.15, 0.2) is 38.2 Å². The second-order valence-electron chi connectivity index (χ2n) is 4.69. The van der Waals surface area contributed by atoms with Crippen LogP contribution in [0.2, 0.25) is 0 Å². The predicted octanol–water partition coefficient (Wildman–Crippen LogP) is 3.73. The van der Waals surface area contributed by atoms with Crippen molar-refractivity contribution in [2.24, 2.45) is 0 Å². The number of ether oxygens (including phenoxy) is 1. The first kappa shape index (κ1) is 16.8. The highest BCUT2D eigenvalue weighted by Crippen LogP contribution is 2.28. The first-order valence-electron chi connectivity index (χ1n) is 6.81. The van der Waals surface area contributed by atoms with Crippen molar-refractivity contribution in [1.82, 2.24) is 5.16 Å². The Labute approximate surface area is 138 Å². The van der Waals surface area contributed by atoms with Gasteiger partial charge in [-0.15, -0.1) is 0 Å². The summed E-state index contributed by atoms with van der Waals surface area (Å²) in [5, 5.41) is 3.68. The minimum Gasteiger partial charge on any atom is -0.494 e. The Bertz CT molecular complexity index is 726. The van der Waals surface area contributed by atoms with E-state index < -0.39 is 10.0 Å². The molecule has 0 atom stereocenters. The first-order chi connectivity index (χ1) is 10.4. The van der Waals surface area contributed by atoms with E-state index in [1.807, 2.05) is 0 Å². The molecule has 2 rings (SSSR count). The van der Waals surface area contributed by atoms with Crippen LogP contribution in [-0.4, -0.2) is 20.2 Å². The molecular weight excluding hydrogens is 372 g/mol. The van der Waals surface area contributed by atoms with Gasteiger partial charge in [0.15, 0.2) is 0 Å². The molecule has 0 bridgehead atoms. The topological polar surface area (TPSA) is 81.4 Å². The zero-order chi connectivity index (χ0) is 16.2. The molecule has 0 aliphatic heterocycles. The maximum absolute atomic E-state index is 12.3. The molecule has 0 saturated heterocycles. The maximum atomic E-state index is 12.3. The molecule has 6 nitrogen and oxygen atoms in total. The van der Waals surface area contributed by atoms with Crippen molar-refractivity contribution in [1.29, 1.82) is 0 Å². The van der Waals surface area contributed by atoms with Gasteiger partial charge in [-0.2, -0.15) is 0 Å². The van der Waals surface area contributed by atoms with E-state index in [1.165, 1.54) is 12.1 Å². The van der Waals surface area contributed by atoms with Crippen molar-refractivity contribution in [2.75, 3.05) is 11.3 Å². The fourth-order valence-corrected chi connectivity index (χ4v) is 3.02. The molecule has 0 spiro atoms. The number of nitrogens with zero attached hydrogens (tertiary/aromatic N) is 1. The zero-order valence-corrected chi connectivity index (χ0v) is 14.7. The number of hydrogen-bond acceptors (Lipinski definition) is 5. The fraction of sp³-hybridized carbons (Fsp3) is 0.357. The Balaban J connectivity index is 2.11. The van der Waals surface area contributed by atoms with E-state index in [0.717, 1.165) is 12.8 Å². The van der Waals surface area contributed by atoms with Crippen LogP contribution in [0.25, 0.3) is 0 Å². The second-order valence-corrected chi connectivity index (χ2v) is 7.17. The lowest BCUT2D eigenvalue weighted by Gasteiger charge is -2.08. The van der Waals surface area contributed by atoms with Crippen molar-refractivity contribution in [3.05, 3.63) is 34.4 Å². The van der Waals surface area contributed by atoms with Gasteiger partial charge in [0, 0.05) is 0 Å². The molecular formula is C14H17BrN2O4S. The fourth-order valence-electron chi connectivity index (χ4n) is 1.65. The van der Waals surface area contributed by atoms with Crippen LogP contribution in [0.3, 0.4) is 0 Å². The van der Waals surface area contributed by atoms with Crippen molar-refractivity contribution in [3.63, 3.8) is 0 Å². The molecule has 120 valence electrons. The van der Waals surface area contributed by atoms with Crippen molar-refractivity contribution >= 4 is 31.8 Å². The van der Waals surface area contributed by atoms with Crippen LogP contribution < -0.4 is 9.46 Å². The highest BCUT2D eigenvalue weighted by Gasteiger charge is 2.19. The van der Waals surface area contributed by atoms with E-state index in [-0.39, 0.29) is 10.8 Å². The van der Waals surface area contributed by atoms with E-state index in [1.54, 1.807) is 19.1 Å². The van der Waals surface area contributed by atoms with Gasteiger partial charge in [0.25, 0.3) is 15.9 Å². The third-order valence-corrected chi connectivity index (χ3v) is 5.20. The molecule has 0 unspecified atom stereocenters. The summed E-state index contributed by atoms with van der Waals surface area (Å²) in [6.45, 7) is 4.40. The molecule has 2 aromatic rings. The van der Waals surface area contributed by atoms with Gasteiger partial charge < -0.3 is 9.26 Å². The second kappa shape index (κ2) is 7.15. The Kier molecular flexibility index (Phi) is 5.47. The molecule has 1 N–H and O–H groups in total. The molecule has 0 fully saturated rings. The Hall–Kier alpha value is -1.54. The van der Waals surface area contributed by atoms with E-state index in [2.05, 4.69) is 32.7 Å². The van der Waals surface area contributed by atoms with Crippen LogP contribution in [0.4, 0.5) is 5.88 Å². The lowest BCUT2D eigenvalue weighted by atomic mass is 10.3. The maximum Gasteiger partial charge on any atom is 0.264 e. The highest BCUT2D eigenvalue weighted by atomic mass is 79.9. The third kappa shape index (κ3) is 4.01. The SMILES string of the molecule is CCCCOc1ccc(S(=O)(=O)Nc2onc(C)c2Br)cc1. The number of unbranched alkanes of at least 4 members (excludes halogenated alkanes) is 1. The summed E-state index contributed by atoms with van der Waals surface area (Å²) in [7, 11) is -3.73. The average molecular weight is 389 g/mol. The molecule has 0 amide bonds. The number of anilines is 1.